The van der Waals surface area contributed by atoms with Crippen LogP contribution in [0.4, 0.5) is 23.1 Å². The molecule has 0 spiro atoms. The largest absolute Gasteiger partial charge is 0.326 e. The van der Waals surface area contributed by atoms with Crippen molar-refractivity contribution < 1.29 is 8.42 Å². The monoisotopic (exact) mass is 435 g/mol. The molecule has 1 fully saturated rings. The van der Waals surface area contributed by atoms with Crippen LogP contribution in [-0.2, 0) is 16.4 Å². The summed E-state index contributed by atoms with van der Waals surface area (Å²) < 4.78 is 27.5. The topological polar surface area (TPSA) is 87.2 Å². The average Bonchev–Trinajstić information content (AvgIpc) is 3.63. The van der Waals surface area contributed by atoms with Gasteiger partial charge in [0.05, 0.1) is 4.90 Å². The lowest BCUT2D eigenvalue weighted by Gasteiger charge is -2.30. The van der Waals surface area contributed by atoms with Crippen molar-refractivity contribution in [3.63, 3.8) is 0 Å². The molecule has 31 heavy (non-hydrogen) atoms. The molecule has 1 aromatic heterocycles. The van der Waals surface area contributed by atoms with Crippen molar-refractivity contribution in [2.75, 3.05) is 23.3 Å². The van der Waals surface area contributed by atoms with E-state index in [1.54, 1.807) is 30.5 Å². The van der Waals surface area contributed by atoms with Crippen molar-refractivity contribution in [1.29, 1.82) is 0 Å². The molecule has 2 heterocycles. The van der Waals surface area contributed by atoms with E-state index in [1.807, 2.05) is 12.1 Å². The van der Waals surface area contributed by atoms with Gasteiger partial charge in [-0.05, 0) is 73.6 Å². The van der Waals surface area contributed by atoms with Crippen molar-refractivity contribution in [1.82, 2.24) is 14.7 Å². The Hall–Kier alpha value is -2.97. The first-order chi connectivity index (χ1) is 15.1. The average molecular weight is 436 g/mol. The van der Waals surface area contributed by atoms with Crippen LogP contribution < -0.4 is 14.9 Å². The van der Waals surface area contributed by atoms with Gasteiger partial charge < -0.3 is 10.2 Å². The number of nitrogens with one attached hydrogen (secondary N) is 2. The van der Waals surface area contributed by atoms with Gasteiger partial charge in [0.2, 0.25) is 16.0 Å². The molecule has 0 amide bonds. The lowest BCUT2D eigenvalue weighted by Crippen LogP contribution is -2.25. The minimum Gasteiger partial charge on any atom is -0.326 e. The fraction of sp³-hybridized carbons (Fsp3) is 0.304. The summed E-state index contributed by atoms with van der Waals surface area (Å²) in [5, 5.41) is 3.18. The second-order valence-electron chi connectivity index (χ2n) is 8.07. The van der Waals surface area contributed by atoms with E-state index >= 15 is 0 Å². The van der Waals surface area contributed by atoms with Crippen molar-refractivity contribution in [3.8, 4) is 0 Å². The molecule has 0 radical (unpaired) electrons. The minimum absolute atomic E-state index is 0.262. The van der Waals surface area contributed by atoms with Crippen molar-refractivity contribution in [2.45, 2.75) is 30.6 Å². The van der Waals surface area contributed by atoms with Gasteiger partial charge in [-0.1, -0.05) is 18.2 Å². The van der Waals surface area contributed by atoms with Gasteiger partial charge in [-0.15, -0.1) is 0 Å². The zero-order chi connectivity index (χ0) is 21.3. The van der Waals surface area contributed by atoms with Gasteiger partial charge in [-0.2, -0.15) is 4.98 Å². The van der Waals surface area contributed by atoms with Crippen LogP contribution in [0.1, 0.15) is 24.8 Å². The molecule has 0 unspecified atom stereocenters. The summed E-state index contributed by atoms with van der Waals surface area (Å²) >= 11 is 0. The van der Waals surface area contributed by atoms with E-state index in [1.165, 1.54) is 11.3 Å². The van der Waals surface area contributed by atoms with Gasteiger partial charge in [0.1, 0.15) is 5.82 Å². The van der Waals surface area contributed by atoms with Crippen LogP contribution in [-0.4, -0.2) is 31.5 Å². The summed E-state index contributed by atoms with van der Waals surface area (Å²) in [6.07, 6.45) is 6.10. The van der Waals surface area contributed by atoms with Crippen LogP contribution in [0.25, 0.3) is 0 Å². The first-order valence-corrected chi connectivity index (χ1v) is 12.1. The van der Waals surface area contributed by atoms with Crippen LogP contribution in [0.15, 0.2) is 65.7 Å². The van der Waals surface area contributed by atoms with E-state index in [4.69, 9.17) is 4.98 Å². The molecule has 160 valence electrons. The molecule has 0 saturated heterocycles. The van der Waals surface area contributed by atoms with Crippen LogP contribution in [0.5, 0.6) is 0 Å². The zero-order valence-corrected chi connectivity index (χ0v) is 18.0. The van der Waals surface area contributed by atoms with E-state index in [2.05, 4.69) is 38.1 Å². The Morgan fingerprint density at radius 1 is 1.03 bits per heavy atom. The zero-order valence-electron chi connectivity index (χ0n) is 17.2. The maximum absolute atomic E-state index is 12.4. The van der Waals surface area contributed by atoms with Gasteiger partial charge in [0, 0.05) is 30.7 Å². The standard InChI is InChI=1S/C23H25N5O2S/c29-31(30,25-16-17-7-8-17)20-11-9-19(10-12-20)26-23-24-14-13-22(27-23)28-15-3-5-18-4-1-2-6-21(18)28/h1-2,4,6,9-14,17,25H,3,5,7-8,15-16H2,(H,24,26,27). The Morgan fingerprint density at radius 2 is 1.84 bits per heavy atom. The molecule has 2 aliphatic rings. The fourth-order valence-corrected chi connectivity index (χ4v) is 4.93. The van der Waals surface area contributed by atoms with Gasteiger partial charge in [0.15, 0.2) is 0 Å². The number of fused-ring (bicyclic) bond motifs is 1. The molecule has 1 saturated carbocycles. The van der Waals surface area contributed by atoms with E-state index in [-0.39, 0.29) is 4.90 Å². The Kier molecular flexibility index (Phi) is 5.33. The number of aromatic nitrogens is 2. The molecule has 2 N–H and O–H groups in total. The normalized spacial score (nSPS) is 16.1. The third-order valence-electron chi connectivity index (χ3n) is 5.71. The SMILES string of the molecule is O=S(=O)(NCC1CC1)c1ccc(Nc2nccc(N3CCCc4ccccc43)n2)cc1. The number of anilines is 4. The quantitative estimate of drug-likeness (QED) is 0.583. The van der Waals surface area contributed by atoms with Crippen LogP contribution in [0.2, 0.25) is 0 Å². The van der Waals surface area contributed by atoms with Crippen LogP contribution in [0, 0.1) is 5.92 Å². The molecule has 1 aliphatic heterocycles. The number of rotatable bonds is 7. The van der Waals surface area contributed by atoms with E-state index < -0.39 is 10.0 Å². The molecular weight excluding hydrogens is 410 g/mol. The summed E-state index contributed by atoms with van der Waals surface area (Å²) in [5.41, 5.74) is 3.25. The van der Waals surface area contributed by atoms with Gasteiger partial charge in [0.25, 0.3) is 0 Å². The smallest absolute Gasteiger partial charge is 0.240 e. The highest BCUT2D eigenvalue weighted by Crippen LogP contribution is 2.32. The van der Waals surface area contributed by atoms with Gasteiger partial charge in [-0.25, -0.2) is 18.1 Å². The third-order valence-corrected chi connectivity index (χ3v) is 7.15. The lowest BCUT2D eigenvalue weighted by atomic mass is 10.0. The first-order valence-electron chi connectivity index (χ1n) is 10.6. The molecule has 1 aliphatic carbocycles. The Labute approximate surface area is 182 Å². The summed E-state index contributed by atoms with van der Waals surface area (Å²) in [5.74, 6) is 1.81. The third kappa shape index (κ3) is 4.55. The summed E-state index contributed by atoms with van der Waals surface area (Å²) in [6, 6.07) is 17.0. The molecule has 0 bridgehead atoms. The van der Waals surface area contributed by atoms with Crippen molar-refractivity contribution in [2.24, 2.45) is 5.92 Å². The fourth-order valence-electron chi connectivity index (χ4n) is 3.81. The number of hydrogen-bond acceptors (Lipinski definition) is 6. The van der Waals surface area contributed by atoms with E-state index in [0.29, 0.717) is 18.4 Å². The molecule has 3 aromatic rings. The molecule has 2 aromatic carbocycles. The minimum atomic E-state index is -3.47. The maximum Gasteiger partial charge on any atom is 0.240 e. The highest BCUT2D eigenvalue weighted by molar-refractivity contribution is 7.89. The second kappa shape index (κ2) is 8.28. The summed E-state index contributed by atoms with van der Waals surface area (Å²) in [7, 11) is -3.47. The first kappa shape index (κ1) is 20.0. The second-order valence-corrected chi connectivity index (χ2v) is 9.83. The number of hydrogen-bond donors (Lipinski definition) is 2. The summed E-state index contributed by atoms with van der Waals surface area (Å²) in [6.45, 7) is 1.43. The van der Waals surface area contributed by atoms with Gasteiger partial charge in [-0.3, -0.25) is 0 Å². The highest BCUT2D eigenvalue weighted by Gasteiger charge is 2.24. The molecule has 0 atom stereocenters. The van der Waals surface area contributed by atoms with E-state index in [9.17, 15) is 8.42 Å². The van der Waals surface area contributed by atoms with Crippen molar-refractivity contribution in [3.05, 3.63) is 66.4 Å². The molecule has 8 heteroatoms. The Bertz CT molecular complexity index is 1180. The lowest BCUT2D eigenvalue weighted by molar-refractivity contribution is 0.577. The molecule has 5 rings (SSSR count). The summed E-state index contributed by atoms with van der Waals surface area (Å²) in [4.78, 5) is 11.5. The number of aryl methyl sites for hydroxylation is 1. The highest BCUT2D eigenvalue weighted by atomic mass is 32.2. The predicted molar refractivity (Wildman–Crippen MR) is 121 cm³/mol. The van der Waals surface area contributed by atoms with Gasteiger partial charge >= 0.3 is 0 Å². The number of benzene rings is 2. The van der Waals surface area contributed by atoms with Crippen LogP contribution in [0.3, 0.4) is 0 Å². The number of para-hydroxylation sites is 1. The van der Waals surface area contributed by atoms with Crippen molar-refractivity contribution >= 4 is 33.2 Å². The molecular formula is C23H25N5O2S. The van der Waals surface area contributed by atoms with E-state index in [0.717, 1.165) is 43.7 Å². The molecule has 7 nitrogen and oxygen atoms in total. The number of nitrogens with zero attached hydrogens (tertiary/aromatic N) is 3. The number of sulfonamides is 1. The Balaban J connectivity index is 1.31. The van der Waals surface area contributed by atoms with Crippen LogP contribution >= 0.6 is 0 Å². The Morgan fingerprint density at radius 3 is 2.65 bits per heavy atom. The maximum atomic E-state index is 12.4. The predicted octanol–water partition coefficient (Wildman–Crippen LogP) is 3.99.